The van der Waals surface area contributed by atoms with E-state index < -0.39 is 0 Å². The van der Waals surface area contributed by atoms with Crippen molar-refractivity contribution in [1.82, 2.24) is 0 Å². The lowest BCUT2D eigenvalue weighted by Gasteiger charge is -2.09. The number of rotatable bonds is 4. The number of methoxy groups -OCH3 is 1. The van der Waals surface area contributed by atoms with Crippen molar-refractivity contribution in [3.63, 3.8) is 0 Å². The predicted molar refractivity (Wildman–Crippen MR) is 84.1 cm³/mol. The van der Waals surface area contributed by atoms with Crippen molar-refractivity contribution in [3.8, 4) is 11.8 Å². The molecular formula is C17H16N2O3. The van der Waals surface area contributed by atoms with Gasteiger partial charge in [0.25, 0.3) is 0 Å². The molecule has 1 aliphatic rings. The zero-order chi connectivity index (χ0) is 15.9. The van der Waals surface area contributed by atoms with Gasteiger partial charge in [0.05, 0.1) is 13.2 Å². The molecule has 1 unspecified atom stereocenters. The molecule has 5 heteroatoms. The molecule has 0 fully saturated rings. The third-order valence-electron chi connectivity index (χ3n) is 3.50. The monoisotopic (exact) mass is 296 g/mol. The number of nitriles is 1. The van der Waals surface area contributed by atoms with Crippen molar-refractivity contribution in [3.05, 3.63) is 58.2 Å². The van der Waals surface area contributed by atoms with Crippen LogP contribution in [0.15, 0.2) is 52.9 Å². The number of allylic oxidation sites excluding steroid dienone is 4. The van der Waals surface area contributed by atoms with Crippen LogP contribution in [0.2, 0.25) is 0 Å². The van der Waals surface area contributed by atoms with Crippen molar-refractivity contribution >= 4 is 11.8 Å². The van der Waals surface area contributed by atoms with Crippen LogP contribution in [0.3, 0.4) is 0 Å². The van der Waals surface area contributed by atoms with Gasteiger partial charge in [-0.2, -0.15) is 5.26 Å². The normalized spacial score (nSPS) is 18.1. The Balaban J connectivity index is 2.29. The van der Waals surface area contributed by atoms with Crippen LogP contribution in [-0.2, 0) is 4.74 Å². The van der Waals surface area contributed by atoms with Crippen LogP contribution >= 0.6 is 0 Å². The first-order chi connectivity index (χ1) is 10.7. The Kier molecular flexibility index (Phi) is 5.10. The maximum Gasteiger partial charge on any atom is 0.150 e. The Morgan fingerprint density at radius 1 is 1.55 bits per heavy atom. The molecule has 2 rings (SSSR count). The van der Waals surface area contributed by atoms with Gasteiger partial charge >= 0.3 is 0 Å². The SMILES string of the molecule is COC1=CCCC(/C(C#N)=C/c2ccc(O)c(N=O)c2)C=C1. The van der Waals surface area contributed by atoms with E-state index in [0.29, 0.717) is 11.1 Å². The lowest BCUT2D eigenvalue weighted by Crippen LogP contribution is -1.98. The zero-order valence-electron chi connectivity index (χ0n) is 12.2. The Bertz CT molecular complexity index is 696. The van der Waals surface area contributed by atoms with Gasteiger partial charge < -0.3 is 9.84 Å². The van der Waals surface area contributed by atoms with E-state index in [0.717, 1.165) is 18.6 Å². The lowest BCUT2D eigenvalue weighted by atomic mass is 9.93. The molecule has 0 aliphatic heterocycles. The summed E-state index contributed by atoms with van der Waals surface area (Å²) in [7, 11) is 1.61. The second kappa shape index (κ2) is 7.23. The largest absolute Gasteiger partial charge is 0.506 e. The van der Waals surface area contributed by atoms with Gasteiger partial charge in [-0.3, -0.25) is 0 Å². The number of ether oxygens (including phenoxy) is 1. The average molecular weight is 296 g/mol. The molecule has 112 valence electrons. The summed E-state index contributed by atoms with van der Waals surface area (Å²) in [5.41, 5.74) is 1.21. The Morgan fingerprint density at radius 2 is 2.36 bits per heavy atom. The second-order valence-corrected chi connectivity index (χ2v) is 4.90. The average Bonchev–Trinajstić information content (AvgIpc) is 2.79. The molecule has 0 saturated carbocycles. The fraction of sp³-hybridized carbons (Fsp3) is 0.235. The minimum Gasteiger partial charge on any atom is -0.506 e. The summed E-state index contributed by atoms with van der Waals surface area (Å²) < 4.78 is 5.19. The first-order valence-electron chi connectivity index (χ1n) is 6.88. The minimum absolute atomic E-state index is 0.0182. The first-order valence-corrected chi connectivity index (χ1v) is 6.88. The number of aromatic hydroxyl groups is 1. The molecule has 1 aromatic rings. The molecule has 0 saturated heterocycles. The number of hydrogen-bond acceptors (Lipinski definition) is 5. The Labute approximate surface area is 128 Å². The van der Waals surface area contributed by atoms with Gasteiger partial charge in [0.2, 0.25) is 0 Å². The molecule has 0 aromatic heterocycles. The highest BCUT2D eigenvalue weighted by atomic mass is 16.5. The summed E-state index contributed by atoms with van der Waals surface area (Å²) in [5, 5.41) is 21.6. The van der Waals surface area contributed by atoms with Crippen molar-refractivity contribution in [1.29, 1.82) is 5.26 Å². The molecule has 5 nitrogen and oxygen atoms in total. The number of nitrogens with zero attached hydrogens (tertiary/aromatic N) is 2. The van der Waals surface area contributed by atoms with Crippen LogP contribution in [-0.4, -0.2) is 12.2 Å². The highest BCUT2D eigenvalue weighted by Crippen LogP contribution is 2.30. The predicted octanol–water partition coefficient (Wildman–Crippen LogP) is 4.19. The molecule has 1 atom stereocenters. The maximum atomic E-state index is 10.6. The van der Waals surface area contributed by atoms with Crippen LogP contribution in [0.1, 0.15) is 18.4 Å². The van der Waals surface area contributed by atoms with Crippen LogP contribution in [0.4, 0.5) is 5.69 Å². The third-order valence-corrected chi connectivity index (χ3v) is 3.50. The third kappa shape index (κ3) is 3.61. The minimum atomic E-state index is -0.172. The zero-order valence-corrected chi connectivity index (χ0v) is 12.2. The molecular weight excluding hydrogens is 280 g/mol. The van der Waals surface area contributed by atoms with E-state index >= 15 is 0 Å². The summed E-state index contributed by atoms with van der Waals surface area (Å²) in [6.07, 6.45) is 9.12. The Hall–Kier alpha value is -2.87. The standard InChI is InChI=1S/C17H16N2O3/c1-22-15-4-2-3-13(6-7-15)14(11-18)9-12-5-8-17(20)16(10-12)19-21/h4-10,13,20H,2-3H2,1H3/b14-9+. The quantitative estimate of drug-likeness (QED) is 0.667. The van der Waals surface area contributed by atoms with Crippen molar-refractivity contribution in [2.75, 3.05) is 7.11 Å². The number of phenolic OH excluding ortho intramolecular Hbond substituents is 1. The Morgan fingerprint density at radius 3 is 3.05 bits per heavy atom. The number of benzene rings is 1. The van der Waals surface area contributed by atoms with E-state index in [2.05, 4.69) is 11.2 Å². The second-order valence-electron chi connectivity index (χ2n) is 4.90. The smallest absolute Gasteiger partial charge is 0.150 e. The van der Waals surface area contributed by atoms with Gasteiger partial charge in [-0.1, -0.05) is 12.1 Å². The van der Waals surface area contributed by atoms with Gasteiger partial charge in [0.15, 0.2) is 0 Å². The molecule has 0 heterocycles. The molecule has 1 N–H and O–H groups in total. The van der Waals surface area contributed by atoms with Gasteiger partial charge in [-0.25, -0.2) is 0 Å². The van der Waals surface area contributed by atoms with E-state index in [1.54, 1.807) is 19.3 Å². The van der Waals surface area contributed by atoms with Gasteiger partial charge in [0, 0.05) is 11.5 Å². The lowest BCUT2D eigenvalue weighted by molar-refractivity contribution is 0.305. The van der Waals surface area contributed by atoms with E-state index in [9.17, 15) is 15.3 Å². The molecule has 0 spiro atoms. The molecule has 0 amide bonds. The van der Waals surface area contributed by atoms with E-state index in [1.807, 2.05) is 18.2 Å². The highest BCUT2D eigenvalue weighted by Gasteiger charge is 2.14. The fourth-order valence-corrected chi connectivity index (χ4v) is 2.30. The summed E-state index contributed by atoms with van der Waals surface area (Å²) in [6, 6.07) is 6.70. The van der Waals surface area contributed by atoms with E-state index in [4.69, 9.17) is 4.74 Å². The number of phenols is 1. The van der Waals surface area contributed by atoms with Crippen LogP contribution < -0.4 is 0 Å². The van der Waals surface area contributed by atoms with E-state index in [1.165, 1.54) is 12.1 Å². The molecule has 0 bridgehead atoms. The summed E-state index contributed by atoms with van der Waals surface area (Å²) in [6.45, 7) is 0. The number of hydrogen-bond donors (Lipinski definition) is 1. The van der Waals surface area contributed by atoms with Crippen LogP contribution in [0.5, 0.6) is 5.75 Å². The van der Waals surface area contributed by atoms with Gasteiger partial charge in [-0.15, -0.1) is 4.91 Å². The first kappa shape index (κ1) is 15.5. The van der Waals surface area contributed by atoms with Gasteiger partial charge in [0.1, 0.15) is 17.2 Å². The molecule has 22 heavy (non-hydrogen) atoms. The topological polar surface area (TPSA) is 82.7 Å². The summed E-state index contributed by atoms with van der Waals surface area (Å²) in [4.78, 5) is 10.6. The molecule has 1 aromatic carbocycles. The number of nitroso groups, excluding NO2 is 1. The van der Waals surface area contributed by atoms with Gasteiger partial charge in [-0.05, 0) is 53.9 Å². The van der Waals surface area contributed by atoms with E-state index in [-0.39, 0.29) is 17.4 Å². The maximum absolute atomic E-state index is 10.6. The summed E-state index contributed by atoms with van der Waals surface area (Å²) >= 11 is 0. The summed E-state index contributed by atoms with van der Waals surface area (Å²) in [5.74, 6) is 0.598. The van der Waals surface area contributed by atoms with Crippen molar-refractivity contribution in [2.45, 2.75) is 12.8 Å². The highest BCUT2D eigenvalue weighted by molar-refractivity contribution is 5.64. The van der Waals surface area contributed by atoms with Crippen molar-refractivity contribution in [2.24, 2.45) is 11.1 Å². The fourth-order valence-electron chi connectivity index (χ4n) is 2.30. The van der Waals surface area contributed by atoms with Crippen LogP contribution in [0, 0.1) is 22.2 Å². The molecule has 1 aliphatic carbocycles. The van der Waals surface area contributed by atoms with Crippen LogP contribution in [0.25, 0.3) is 6.08 Å². The molecule has 0 radical (unpaired) electrons. The van der Waals surface area contributed by atoms with Crippen molar-refractivity contribution < 1.29 is 9.84 Å².